The second-order valence-corrected chi connectivity index (χ2v) is 7.38. The molecule has 32 heavy (non-hydrogen) atoms. The van der Waals surface area contributed by atoms with E-state index in [0.717, 1.165) is 5.56 Å². The van der Waals surface area contributed by atoms with Gasteiger partial charge in [-0.25, -0.2) is 9.97 Å². The Kier molecular flexibility index (Phi) is 4.97. The smallest absolute Gasteiger partial charge is 0.261 e. The fraction of sp³-hybridized carbons (Fsp3) is 0. The molecule has 0 aliphatic rings. The van der Waals surface area contributed by atoms with Gasteiger partial charge in [0.05, 0.1) is 17.2 Å². The summed E-state index contributed by atoms with van der Waals surface area (Å²) in [5.74, 6) is -0.288. The largest absolute Gasteiger partial charge is 0.383 e. The number of hydrogen-bond acceptors (Lipinski definition) is 6. The number of amides is 1. The molecule has 0 atom stereocenters. The zero-order valence-electron chi connectivity index (χ0n) is 16.6. The predicted molar refractivity (Wildman–Crippen MR) is 126 cm³/mol. The number of nitrogens with zero attached hydrogens (tertiary/aromatic N) is 5. The van der Waals surface area contributed by atoms with E-state index < -0.39 is 5.91 Å². The summed E-state index contributed by atoms with van der Waals surface area (Å²) in [4.78, 5) is 26.5. The van der Waals surface area contributed by atoms with Crippen molar-refractivity contribution in [3.8, 4) is 0 Å². The lowest BCUT2D eigenvalue weighted by molar-refractivity contribution is 0.102. The number of benzene rings is 2. The third-order valence-electron chi connectivity index (χ3n) is 4.83. The maximum absolute atomic E-state index is 13.2. The van der Waals surface area contributed by atoms with Crippen LogP contribution in [0.25, 0.3) is 22.2 Å². The molecule has 2 aromatic carbocycles. The Morgan fingerprint density at radius 3 is 2.41 bits per heavy atom. The molecule has 9 heteroatoms. The number of anilines is 2. The number of nitrogen functional groups attached to an aromatic ring is 1. The third kappa shape index (κ3) is 3.63. The van der Waals surface area contributed by atoms with E-state index in [4.69, 9.17) is 17.3 Å². The highest BCUT2D eigenvalue weighted by atomic mass is 35.5. The fourth-order valence-electron chi connectivity index (χ4n) is 3.29. The number of carbonyl (C=O) groups excluding carboxylic acids is 1. The molecule has 0 saturated carbocycles. The second-order valence-electron chi connectivity index (χ2n) is 6.94. The Bertz CT molecular complexity index is 1480. The zero-order chi connectivity index (χ0) is 22.1. The molecule has 3 N–H and O–H groups in total. The SMILES string of the molecule is Nc1c(C(=O)Nc2ccc(Cl)cc2)c2nc3ccccc3nc2n1/N=C\c1ccncc1. The van der Waals surface area contributed by atoms with Gasteiger partial charge in [0.1, 0.15) is 16.9 Å². The van der Waals surface area contributed by atoms with Gasteiger partial charge in [-0.3, -0.25) is 9.78 Å². The first-order chi connectivity index (χ1) is 15.6. The lowest BCUT2D eigenvalue weighted by Gasteiger charge is -2.05. The molecule has 3 heterocycles. The molecule has 0 saturated heterocycles. The van der Waals surface area contributed by atoms with Crippen LogP contribution in [0.15, 0.2) is 78.2 Å². The first-order valence-electron chi connectivity index (χ1n) is 9.68. The Labute approximate surface area is 187 Å². The Morgan fingerprint density at radius 2 is 1.69 bits per heavy atom. The zero-order valence-corrected chi connectivity index (χ0v) is 17.4. The minimum atomic E-state index is -0.419. The summed E-state index contributed by atoms with van der Waals surface area (Å²) in [6.45, 7) is 0. The average molecular weight is 442 g/mol. The summed E-state index contributed by atoms with van der Waals surface area (Å²) in [5.41, 5.74) is 10.1. The number of pyridine rings is 1. The van der Waals surface area contributed by atoms with Crippen molar-refractivity contribution < 1.29 is 4.79 Å². The molecule has 0 aliphatic carbocycles. The van der Waals surface area contributed by atoms with Crippen molar-refractivity contribution in [2.75, 3.05) is 11.1 Å². The molecule has 0 fully saturated rings. The monoisotopic (exact) mass is 441 g/mol. The van der Waals surface area contributed by atoms with E-state index in [1.165, 1.54) is 4.68 Å². The molecule has 156 valence electrons. The van der Waals surface area contributed by atoms with Crippen molar-refractivity contribution in [3.63, 3.8) is 0 Å². The van der Waals surface area contributed by atoms with Gasteiger partial charge in [0.2, 0.25) is 0 Å². The lowest BCUT2D eigenvalue weighted by Crippen LogP contribution is -2.14. The average Bonchev–Trinajstić information content (AvgIpc) is 3.08. The standard InChI is InChI=1S/C23H16ClN7O/c24-15-5-7-16(8-6-15)28-23(32)19-20-22(30-18-4-2-1-3-17(18)29-20)31(21(19)25)27-13-14-9-11-26-12-10-14/h1-13H,25H2,(H,28,32)/b27-13-. The highest BCUT2D eigenvalue weighted by molar-refractivity contribution is 6.30. The number of carbonyl (C=O) groups is 1. The predicted octanol–water partition coefficient (Wildman–Crippen LogP) is 4.35. The summed E-state index contributed by atoms with van der Waals surface area (Å²) in [7, 11) is 0. The van der Waals surface area contributed by atoms with Crippen LogP contribution in [-0.4, -0.2) is 31.7 Å². The number of hydrogen-bond donors (Lipinski definition) is 2. The number of para-hydroxylation sites is 2. The Balaban J connectivity index is 1.66. The van der Waals surface area contributed by atoms with Crippen molar-refractivity contribution in [3.05, 3.63) is 89.2 Å². The second kappa shape index (κ2) is 8.09. The number of fused-ring (bicyclic) bond motifs is 2. The molecule has 3 aromatic heterocycles. The van der Waals surface area contributed by atoms with Gasteiger partial charge in [-0.2, -0.15) is 9.78 Å². The first-order valence-corrected chi connectivity index (χ1v) is 10.1. The molecule has 0 aliphatic heterocycles. The van der Waals surface area contributed by atoms with Crippen LogP contribution in [0.1, 0.15) is 15.9 Å². The minimum Gasteiger partial charge on any atom is -0.383 e. The van der Waals surface area contributed by atoms with Gasteiger partial charge in [-0.1, -0.05) is 23.7 Å². The van der Waals surface area contributed by atoms with Crippen molar-refractivity contribution in [2.45, 2.75) is 0 Å². The maximum atomic E-state index is 13.2. The molecule has 1 amide bonds. The van der Waals surface area contributed by atoms with E-state index in [9.17, 15) is 4.79 Å². The van der Waals surface area contributed by atoms with Gasteiger partial charge in [0.15, 0.2) is 5.65 Å². The van der Waals surface area contributed by atoms with Crippen LogP contribution in [0.4, 0.5) is 11.5 Å². The van der Waals surface area contributed by atoms with Crippen LogP contribution in [0.3, 0.4) is 0 Å². The first kappa shape index (κ1) is 19.7. The van der Waals surface area contributed by atoms with Crippen LogP contribution in [-0.2, 0) is 0 Å². The molecule has 5 aromatic rings. The lowest BCUT2D eigenvalue weighted by atomic mass is 10.2. The van der Waals surface area contributed by atoms with Gasteiger partial charge in [0.25, 0.3) is 5.91 Å². The number of aromatic nitrogens is 4. The van der Waals surface area contributed by atoms with Crippen LogP contribution in [0, 0.1) is 0 Å². The molecular formula is C23H16ClN7O. The van der Waals surface area contributed by atoms with Gasteiger partial charge >= 0.3 is 0 Å². The third-order valence-corrected chi connectivity index (χ3v) is 5.08. The normalized spacial score (nSPS) is 11.4. The van der Waals surface area contributed by atoms with Gasteiger partial charge in [-0.15, -0.1) is 0 Å². The number of nitrogens with two attached hydrogens (primary N) is 1. The number of nitrogens with one attached hydrogen (secondary N) is 1. The van der Waals surface area contributed by atoms with Crippen molar-refractivity contribution in [1.82, 2.24) is 19.6 Å². The number of rotatable bonds is 4. The van der Waals surface area contributed by atoms with E-state index in [2.05, 4.69) is 25.4 Å². The summed E-state index contributed by atoms with van der Waals surface area (Å²) in [6.07, 6.45) is 4.95. The topological polar surface area (TPSA) is 111 Å². The Hall–Kier alpha value is -4.30. The molecule has 5 rings (SSSR count). The number of halogens is 1. The van der Waals surface area contributed by atoms with Crippen LogP contribution in [0.5, 0.6) is 0 Å². The van der Waals surface area contributed by atoms with E-state index in [1.807, 2.05) is 24.3 Å². The molecule has 0 radical (unpaired) electrons. The fourth-order valence-corrected chi connectivity index (χ4v) is 3.41. The molecule has 0 bridgehead atoms. The summed E-state index contributed by atoms with van der Waals surface area (Å²) in [5, 5.41) is 7.88. The molecule has 0 unspecified atom stereocenters. The van der Waals surface area contributed by atoms with Crippen molar-refractivity contribution >= 4 is 57.4 Å². The quantitative estimate of drug-likeness (QED) is 0.403. The van der Waals surface area contributed by atoms with Gasteiger partial charge in [-0.05, 0) is 54.1 Å². The van der Waals surface area contributed by atoms with E-state index in [1.54, 1.807) is 55.0 Å². The molecular weight excluding hydrogens is 426 g/mol. The summed E-state index contributed by atoms with van der Waals surface area (Å²) < 4.78 is 1.42. The van der Waals surface area contributed by atoms with E-state index in [-0.39, 0.29) is 11.4 Å². The molecule has 8 nitrogen and oxygen atoms in total. The van der Waals surface area contributed by atoms with E-state index in [0.29, 0.717) is 32.9 Å². The van der Waals surface area contributed by atoms with Gasteiger partial charge in [0, 0.05) is 23.1 Å². The highest BCUT2D eigenvalue weighted by Crippen LogP contribution is 2.28. The summed E-state index contributed by atoms with van der Waals surface area (Å²) in [6, 6.07) is 17.8. The van der Waals surface area contributed by atoms with E-state index >= 15 is 0 Å². The van der Waals surface area contributed by atoms with Crippen molar-refractivity contribution in [1.29, 1.82) is 0 Å². The van der Waals surface area contributed by atoms with Crippen LogP contribution < -0.4 is 11.1 Å². The summed E-state index contributed by atoms with van der Waals surface area (Å²) >= 11 is 5.94. The Morgan fingerprint density at radius 1 is 1.00 bits per heavy atom. The molecule has 0 spiro atoms. The maximum Gasteiger partial charge on any atom is 0.261 e. The van der Waals surface area contributed by atoms with Crippen LogP contribution in [0.2, 0.25) is 5.02 Å². The van der Waals surface area contributed by atoms with Gasteiger partial charge < -0.3 is 11.1 Å². The minimum absolute atomic E-state index is 0.132. The van der Waals surface area contributed by atoms with Crippen molar-refractivity contribution in [2.24, 2.45) is 5.10 Å². The highest BCUT2D eigenvalue weighted by Gasteiger charge is 2.24. The van der Waals surface area contributed by atoms with Crippen LogP contribution >= 0.6 is 11.6 Å².